The molecule has 1 aliphatic rings. The van der Waals surface area contributed by atoms with Crippen LogP contribution in [0.4, 0.5) is 0 Å². The summed E-state index contributed by atoms with van der Waals surface area (Å²) in [7, 11) is 1.67. The third kappa shape index (κ3) is 4.22. The first-order valence-electron chi connectivity index (χ1n) is 10.4. The monoisotopic (exact) mass is 409 g/mol. The summed E-state index contributed by atoms with van der Waals surface area (Å²) in [6, 6.07) is 8.22. The molecular weight excluding hydrogens is 382 g/mol. The number of ether oxygens (including phenoxy) is 1. The molecule has 0 bridgehead atoms. The first-order chi connectivity index (χ1) is 14.5. The summed E-state index contributed by atoms with van der Waals surface area (Å²) in [6.45, 7) is 3.24. The molecule has 0 spiro atoms. The van der Waals surface area contributed by atoms with Gasteiger partial charge in [0.25, 0.3) is 11.3 Å². The van der Waals surface area contributed by atoms with Gasteiger partial charge in [-0.25, -0.2) is 9.97 Å². The Morgan fingerprint density at radius 1 is 1.23 bits per heavy atom. The number of rotatable bonds is 6. The van der Waals surface area contributed by atoms with Crippen molar-refractivity contribution in [2.24, 2.45) is 5.92 Å². The smallest absolute Gasteiger partial charge is 0.277 e. The molecule has 0 radical (unpaired) electrons. The number of carbonyl (C=O) groups excluding carboxylic acids is 1. The number of fused-ring (bicyclic) bond motifs is 1. The fourth-order valence-electron chi connectivity index (χ4n) is 4.10. The molecule has 8 nitrogen and oxygen atoms in total. The number of hydrogen-bond acceptors (Lipinski definition) is 5. The zero-order chi connectivity index (χ0) is 21.1. The van der Waals surface area contributed by atoms with Crippen LogP contribution in [0.25, 0.3) is 5.78 Å². The molecule has 0 unspecified atom stereocenters. The number of aryl methyl sites for hydroxylation is 2. The van der Waals surface area contributed by atoms with Crippen molar-refractivity contribution in [1.29, 1.82) is 0 Å². The minimum Gasteiger partial charge on any atom is -0.497 e. The van der Waals surface area contributed by atoms with Gasteiger partial charge in [-0.1, -0.05) is 12.1 Å². The Balaban J connectivity index is 1.30. The Bertz CT molecular complexity index is 1080. The second-order valence-electron chi connectivity index (χ2n) is 7.89. The summed E-state index contributed by atoms with van der Waals surface area (Å²) in [5.41, 5.74) is 2.06. The maximum atomic E-state index is 12.8. The van der Waals surface area contributed by atoms with Crippen molar-refractivity contribution in [3.05, 3.63) is 57.8 Å². The first-order valence-corrected chi connectivity index (χ1v) is 10.4. The van der Waals surface area contributed by atoms with Crippen molar-refractivity contribution in [3.63, 3.8) is 0 Å². The van der Waals surface area contributed by atoms with E-state index in [0.29, 0.717) is 23.0 Å². The van der Waals surface area contributed by atoms with Crippen molar-refractivity contribution < 1.29 is 9.53 Å². The number of piperidine rings is 1. The lowest BCUT2D eigenvalue weighted by atomic mass is 9.90. The molecule has 1 saturated heterocycles. The summed E-state index contributed by atoms with van der Waals surface area (Å²) in [6.07, 6.45) is 5.65. The number of nitrogens with zero attached hydrogens (tertiary/aromatic N) is 4. The van der Waals surface area contributed by atoms with Gasteiger partial charge >= 0.3 is 0 Å². The van der Waals surface area contributed by atoms with Crippen molar-refractivity contribution in [2.45, 2.75) is 39.0 Å². The molecule has 1 aromatic carbocycles. The lowest BCUT2D eigenvalue weighted by Crippen LogP contribution is -2.40. The molecule has 158 valence electrons. The van der Waals surface area contributed by atoms with Gasteiger partial charge in [0.15, 0.2) is 0 Å². The lowest BCUT2D eigenvalue weighted by Gasteiger charge is -2.32. The highest BCUT2D eigenvalue weighted by molar-refractivity contribution is 5.79. The predicted molar refractivity (Wildman–Crippen MR) is 113 cm³/mol. The van der Waals surface area contributed by atoms with E-state index in [1.54, 1.807) is 14.0 Å². The molecule has 1 fully saturated rings. The van der Waals surface area contributed by atoms with Crippen LogP contribution in [0, 0.1) is 12.8 Å². The highest BCUT2D eigenvalue weighted by atomic mass is 16.5. The Kier molecular flexibility index (Phi) is 5.83. The number of aromatic nitrogens is 4. The minimum atomic E-state index is -0.252. The quantitative estimate of drug-likeness (QED) is 0.673. The molecule has 3 heterocycles. The normalized spacial score (nSPS) is 14.9. The van der Waals surface area contributed by atoms with E-state index in [0.717, 1.165) is 44.5 Å². The predicted octanol–water partition coefficient (Wildman–Crippen LogP) is 2.15. The standard InChI is InChI=1S/C22H27N5O3/c1-15-19(21(29)27-22(25-15)23-14-24-27)13-20(28)26-11-9-17(10-12-26)4-3-16-5-7-18(30-2)8-6-16/h5-8,14,17H,3-4,9-13H2,1-2H3,(H,23,24,25). The average Bonchev–Trinajstić information content (AvgIpc) is 3.24. The number of likely N-dealkylation sites (tertiary alicyclic amines) is 1. The number of hydrogen-bond donors (Lipinski definition) is 1. The molecule has 2 aromatic heterocycles. The molecule has 0 aliphatic carbocycles. The molecule has 3 aromatic rings. The molecule has 30 heavy (non-hydrogen) atoms. The molecule has 0 saturated carbocycles. The van der Waals surface area contributed by atoms with Gasteiger partial charge in [-0.2, -0.15) is 4.52 Å². The highest BCUT2D eigenvalue weighted by Gasteiger charge is 2.24. The van der Waals surface area contributed by atoms with Gasteiger partial charge in [-0.15, -0.1) is 0 Å². The molecular formula is C22H27N5O3. The van der Waals surface area contributed by atoms with E-state index in [2.05, 4.69) is 27.2 Å². The van der Waals surface area contributed by atoms with E-state index in [1.807, 2.05) is 17.0 Å². The summed E-state index contributed by atoms with van der Waals surface area (Å²) >= 11 is 0. The third-order valence-corrected chi connectivity index (χ3v) is 6.03. The van der Waals surface area contributed by atoms with Crippen LogP contribution < -0.4 is 10.3 Å². The topological polar surface area (TPSA) is 92.6 Å². The van der Waals surface area contributed by atoms with E-state index < -0.39 is 0 Å². The highest BCUT2D eigenvalue weighted by Crippen LogP contribution is 2.23. The van der Waals surface area contributed by atoms with Crippen LogP contribution in [0.5, 0.6) is 5.75 Å². The van der Waals surface area contributed by atoms with Crippen LogP contribution in [-0.2, 0) is 17.6 Å². The molecule has 8 heteroatoms. The SMILES string of the molecule is COc1ccc(CCC2CCN(C(=O)Cc3c(C)nc4nc[nH]n4c3=O)CC2)cc1. The number of methoxy groups -OCH3 is 1. The average molecular weight is 409 g/mol. The summed E-state index contributed by atoms with van der Waals surface area (Å²) in [5, 5.41) is 2.75. The van der Waals surface area contributed by atoms with E-state index in [9.17, 15) is 9.59 Å². The third-order valence-electron chi connectivity index (χ3n) is 6.03. The van der Waals surface area contributed by atoms with Crippen molar-refractivity contribution in [1.82, 2.24) is 24.5 Å². The van der Waals surface area contributed by atoms with Crippen molar-refractivity contribution in [2.75, 3.05) is 20.2 Å². The largest absolute Gasteiger partial charge is 0.497 e. The van der Waals surface area contributed by atoms with Crippen LogP contribution in [0.15, 0.2) is 35.4 Å². The summed E-state index contributed by atoms with van der Waals surface area (Å²) in [5.74, 6) is 1.81. The van der Waals surface area contributed by atoms with Gasteiger partial charge in [0.2, 0.25) is 5.91 Å². The zero-order valence-corrected chi connectivity index (χ0v) is 17.4. The van der Waals surface area contributed by atoms with Gasteiger partial charge in [-0.05, 0) is 56.2 Å². The molecule has 0 atom stereocenters. The van der Waals surface area contributed by atoms with Crippen molar-refractivity contribution >= 4 is 11.7 Å². The Hall–Kier alpha value is -3.16. The number of aromatic amines is 1. The summed E-state index contributed by atoms with van der Waals surface area (Å²) in [4.78, 5) is 35.6. The van der Waals surface area contributed by atoms with Crippen molar-refractivity contribution in [3.8, 4) is 5.75 Å². The second kappa shape index (κ2) is 8.69. The molecule has 1 N–H and O–H groups in total. The number of benzene rings is 1. The fraction of sp³-hybridized carbons (Fsp3) is 0.455. The van der Waals surface area contributed by atoms with Gasteiger partial charge < -0.3 is 9.64 Å². The number of H-pyrrole nitrogens is 1. The van der Waals surface area contributed by atoms with Crippen LogP contribution in [0.1, 0.15) is 36.1 Å². The maximum absolute atomic E-state index is 12.8. The molecule has 1 amide bonds. The van der Waals surface area contributed by atoms with E-state index in [-0.39, 0.29) is 17.9 Å². The van der Waals surface area contributed by atoms with Crippen LogP contribution in [-0.4, -0.2) is 50.6 Å². The van der Waals surface area contributed by atoms with E-state index in [1.165, 1.54) is 16.4 Å². The summed E-state index contributed by atoms with van der Waals surface area (Å²) < 4.78 is 6.48. The number of nitrogens with one attached hydrogen (secondary N) is 1. The van der Waals surface area contributed by atoms with Crippen LogP contribution >= 0.6 is 0 Å². The molecule has 4 rings (SSSR count). The van der Waals surface area contributed by atoms with Gasteiger partial charge in [-0.3, -0.25) is 14.7 Å². The van der Waals surface area contributed by atoms with Crippen LogP contribution in [0.2, 0.25) is 0 Å². The number of amides is 1. The maximum Gasteiger partial charge on any atom is 0.277 e. The van der Waals surface area contributed by atoms with Gasteiger partial charge in [0.1, 0.15) is 12.1 Å². The van der Waals surface area contributed by atoms with Crippen LogP contribution in [0.3, 0.4) is 0 Å². The number of carbonyl (C=O) groups is 1. The molecule has 1 aliphatic heterocycles. The van der Waals surface area contributed by atoms with Gasteiger partial charge in [0, 0.05) is 13.1 Å². The Morgan fingerprint density at radius 3 is 2.67 bits per heavy atom. The Labute approximate surface area is 174 Å². The zero-order valence-electron chi connectivity index (χ0n) is 17.4. The Morgan fingerprint density at radius 2 is 1.97 bits per heavy atom. The fourth-order valence-corrected chi connectivity index (χ4v) is 4.10. The van der Waals surface area contributed by atoms with E-state index >= 15 is 0 Å². The first kappa shape index (κ1) is 20.1. The van der Waals surface area contributed by atoms with Gasteiger partial charge in [0.05, 0.1) is 24.8 Å². The minimum absolute atomic E-state index is 0.00919. The second-order valence-corrected chi connectivity index (χ2v) is 7.89. The van der Waals surface area contributed by atoms with E-state index in [4.69, 9.17) is 4.74 Å². The lowest BCUT2D eigenvalue weighted by molar-refractivity contribution is -0.131.